The van der Waals surface area contributed by atoms with Gasteiger partial charge < -0.3 is 14.8 Å². The number of aromatic nitrogens is 3. The Hall–Kier alpha value is -2.05. The van der Waals surface area contributed by atoms with Crippen LogP contribution in [-0.4, -0.2) is 66.2 Å². The van der Waals surface area contributed by atoms with E-state index in [1.165, 1.54) is 33.4 Å². The second kappa shape index (κ2) is 10.5. The van der Waals surface area contributed by atoms with Crippen LogP contribution in [0, 0.1) is 0 Å². The van der Waals surface area contributed by atoms with Gasteiger partial charge in [-0.25, -0.2) is 13.1 Å². The van der Waals surface area contributed by atoms with Gasteiger partial charge in [0.25, 0.3) is 5.91 Å². The minimum atomic E-state index is -3.72. The number of carbonyl (C=O) groups excluding carboxylic acids is 1. The molecule has 1 fully saturated rings. The number of hydrogen-bond acceptors (Lipinski definition) is 7. The highest BCUT2D eigenvalue weighted by Crippen LogP contribution is 2.29. The van der Waals surface area contributed by atoms with Crippen molar-refractivity contribution in [3.8, 4) is 0 Å². The fourth-order valence-electron chi connectivity index (χ4n) is 3.21. The fourth-order valence-corrected chi connectivity index (χ4v) is 5.23. The van der Waals surface area contributed by atoms with Gasteiger partial charge in [-0.3, -0.25) is 4.79 Å². The molecular weight excluding hydrogens is 446 g/mol. The van der Waals surface area contributed by atoms with Crippen LogP contribution in [0.4, 0.5) is 5.69 Å². The average molecular weight is 472 g/mol. The van der Waals surface area contributed by atoms with E-state index in [-0.39, 0.29) is 22.2 Å². The zero-order chi connectivity index (χ0) is 22.4. The Morgan fingerprint density at radius 3 is 2.55 bits per heavy atom. The number of carbonyl (C=O) groups is 1. The van der Waals surface area contributed by atoms with Gasteiger partial charge >= 0.3 is 0 Å². The molecule has 1 aliphatic rings. The number of benzene rings is 1. The van der Waals surface area contributed by atoms with Gasteiger partial charge in [0.2, 0.25) is 10.0 Å². The maximum absolute atomic E-state index is 12.9. The van der Waals surface area contributed by atoms with Crippen molar-refractivity contribution >= 4 is 33.2 Å². The number of rotatable bonds is 10. The number of hydrogen-bond donors (Lipinski definition) is 1. The largest absolute Gasteiger partial charge is 0.351 e. The fraction of sp³-hybridized carbons (Fsp3) is 0.526. The quantitative estimate of drug-likeness (QED) is 0.529. The van der Waals surface area contributed by atoms with Crippen LogP contribution in [0.5, 0.6) is 0 Å². The van der Waals surface area contributed by atoms with Crippen LogP contribution in [0.15, 0.2) is 29.3 Å². The number of sulfonamides is 1. The van der Waals surface area contributed by atoms with Gasteiger partial charge in [-0.2, -0.15) is 4.31 Å². The molecule has 0 atom stereocenters. The lowest BCUT2D eigenvalue weighted by molar-refractivity contribution is -0.145. The summed E-state index contributed by atoms with van der Waals surface area (Å²) in [6, 6.07) is 4.35. The molecule has 0 bridgehead atoms. The number of nitrogens with one attached hydrogen (secondary N) is 1. The van der Waals surface area contributed by atoms with E-state index < -0.39 is 22.2 Å². The first kappa shape index (κ1) is 23.6. The van der Waals surface area contributed by atoms with Gasteiger partial charge in [-0.1, -0.05) is 16.8 Å². The maximum Gasteiger partial charge on any atom is 0.277 e. The van der Waals surface area contributed by atoms with E-state index in [4.69, 9.17) is 21.1 Å². The Bertz CT molecular complexity index is 1000. The van der Waals surface area contributed by atoms with Crippen molar-refractivity contribution in [2.45, 2.75) is 44.4 Å². The molecule has 12 heteroatoms. The van der Waals surface area contributed by atoms with Gasteiger partial charge in [-0.15, -0.1) is 5.10 Å². The smallest absolute Gasteiger partial charge is 0.277 e. The second-order valence-corrected chi connectivity index (χ2v) is 9.19. The van der Waals surface area contributed by atoms with E-state index >= 15 is 0 Å². The molecule has 1 N–H and O–H groups in total. The molecular formula is C19H26ClN5O5S. The average Bonchev–Trinajstić information content (AvgIpc) is 3.42. The zero-order valence-electron chi connectivity index (χ0n) is 17.5. The third kappa shape index (κ3) is 5.80. The summed E-state index contributed by atoms with van der Waals surface area (Å²) < 4.78 is 39.5. The van der Waals surface area contributed by atoms with Crippen molar-refractivity contribution in [3.63, 3.8) is 0 Å². The Labute approximate surface area is 186 Å². The predicted molar refractivity (Wildman–Crippen MR) is 114 cm³/mol. The van der Waals surface area contributed by atoms with Gasteiger partial charge in [0, 0.05) is 32.0 Å². The normalized spacial score (nSPS) is 15.0. The van der Waals surface area contributed by atoms with Gasteiger partial charge in [-0.05, 0) is 44.9 Å². The maximum atomic E-state index is 12.9. The van der Waals surface area contributed by atoms with Crippen LogP contribution in [0.3, 0.4) is 0 Å². The first-order valence-electron chi connectivity index (χ1n) is 10.1. The molecule has 0 saturated carbocycles. The molecule has 0 aliphatic carbocycles. The first-order chi connectivity index (χ1) is 14.8. The van der Waals surface area contributed by atoms with Crippen molar-refractivity contribution in [2.24, 2.45) is 0 Å². The molecule has 1 amide bonds. The highest BCUT2D eigenvalue weighted by Gasteiger charge is 2.29. The van der Waals surface area contributed by atoms with E-state index in [9.17, 15) is 13.2 Å². The second-order valence-electron chi connectivity index (χ2n) is 6.88. The molecule has 3 rings (SSSR count). The SMILES string of the molecule is CCOC(Cn1cc(C(=O)Nc2ccc(Cl)c(S(=O)(=O)N3CCCC3)c2)nn1)OCC. The third-order valence-electron chi connectivity index (χ3n) is 4.68. The first-order valence-corrected chi connectivity index (χ1v) is 11.9. The monoisotopic (exact) mass is 471 g/mol. The molecule has 1 aromatic heterocycles. The Balaban J connectivity index is 1.72. The lowest BCUT2D eigenvalue weighted by atomic mass is 10.3. The summed E-state index contributed by atoms with van der Waals surface area (Å²) in [6.45, 7) is 5.87. The topological polar surface area (TPSA) is 116 Å². The molecule has 0 radical (unpaired) electrons. The van der Waals surface area contributed by atoms with Crippen LogP contribution in [-0.2, 0) is 26.0 Å². The molecule has 31 heavy (non-hydrogen) atoms. The summed E-state index contributed by atoms with van der Waals surface area (Å²) in [4.78, 5) is 12.6. The van der Waals surface area contributed by atoms with Crippen LogP contribution in [0.25, 0.3) is 0 Å². The standard InChI is InChI=1S/C19H26ClN5O5S/c1-3-29-18(30-4-2)13-24-12-16(22-23-24)19(26)21-14-7-8-15(20)17(11-14)31(27,28)25-9-5-6-10-25/h7-8,11-12,18H,3-6,9-10,13H2,1-2H3,(H,21,26). The predicted octanol–water partition coefficient (Wildman–Crippen LogP) is 2.37. The van der Waals surface area contributed by atoms with E-state index in [0.29, 0.717) is 32.0 Å². The molecule has 0 spiro atoms. The minimum Gasteiger partial charge on any atom is -0.351 e. The van der Waals surface area contributed by atoms with E-state index in [1.54, 1.807) is 0 Å². The summed E-state index contributed by atoms with van der Waals surface area (Å²) >= 11 is 6.15. The van der Waals surface area contributed by atoms with Crippen LogP contribution < -0.4 is 5.32 Å². The highest BCUT2D eigenvalue weighted by atomic mass is 35.5. The van der Waals surface area contributed by atoms with Crippen molar-refractivity contribution in [3.05, 3.63) is 35.1 Å². The number of ether oxygens (including phenoxy) is 2. The molecule has 170 valence electrons. The lowest BCUT2D eigenvalue weighted by Gasteiger charge is -2.17. The lowest BCUT2D eigenvalue weighted by Crippen LogP contribution is -2.28. The minimum absolute atomic E-state index is 0.0335. The van der Waals surface area contributed by atoms with E-state index in [2.05, 4.69) is 15.6 Å². The van der Waals surface area contributed by atoms with Crippen LogP contribution >= 0.6 is 11.6 Å². The number of nitrogens with zero attached hydrogens (tertiary/aromatic N) is 4. The number of halogens is 1. The Morgan fingerprint density at radius 2 is 1.90 bits per heavy atom. The van der Waals surface area contributed by atoms with Gasteiger partial charge in [0.1, 0.15) is 4.90 Å². The summed E-state index contributed by atoms with van der Waals surface area (Å²) in [5.41, 5.74) is 0.369. The van der Waals surface area contributed by atoms with Crippen molar-refractivity contribution in [2.75, 3.05) is 31.6 Å². The molecule has 1 aliphatic heterocycles. The molecule has 0 unspecified atom stereocenters. The van der Waals surface area contributed by atoms with Crippen molar-refractivity contribution in [1.82, 2.24) is 19.3 Å². The van der Waals surface area contributed by atoms with E-state index in [1.807, 2.05) is 13.8 Å². The third-order valence-corrected chi connectivity index (χ3v) is 7.06. The van der Waals surface area contributed by atoms with Crippen molar-refractivity contribution in [1.29, 1.82) is 0 Å². The Kier molecular flexibility index (Phi) is 8.00. The number of amides is 1. The van der Waals surface area contributed by atoms with Crippen LogP contribution in [0.2, 0.25) is 5.02 Å². The van der Waals surface area contributed by atoms with Gasteiger partial charge in [0.15, 0.2) is 12.0 Å². The Morgan fingerprint density at radius 1 is 1.23 bits per heavy atom. The van der Waals surface area contributed by atoms with Gasteiger partial charge in [0.05, 0.1) is 17.8 Å². The van der Waals surface area contributed by atoms with E-state index in [0.717, 1.165) is 12.8 Å². The zero-order valence-corrected chi connectivity index (χ0v) is 19.0. The summed E-state index contributed by atoms with van der Waals surface area (Å²) in [5.74, 6) is -0.525. The molecule has 2 heterocycles. The molecule has 1 saturated heterocycles. The van der Waals surface area contributed by atoms with Crippen molar-refractivity contribution < 1.29 is 22.7 Å². The summed E-state index contributed by atoms with van der Waals surface area (Å²) in [7, 11) is -3.72. The molecule has 2 aromatic rings. The molecule has 10 nitrogen and oxygen atoms in total. The van der Waals surface area contributed by atoms with Crippen LogP contribution in [0.1, 0.15) is 37.2 Å². The number of anilines is 1. The summed E-state index contributed by atoms with van der Waals surface area (Å²) in [6.07, 6.45) is 2.60. The highest BCUT2D eigenvalue weighted by molar-refractivity contribution is 7.89. The summed E-state index contributed by atoms with van der Waals surface area (Å²) in [5, 5.41) is 10.6. The molecule has 1 aromatic carbocycles.